The number of fused-ring (bicyclic) bond motifs is 1. The van der Waals surface area contributed by atoms with Crippen molar-refractivity contribution in [2.75, 3.05) is 19.1 Å². The van der Waals surface area contributed by atoms with Crippen LogP contribution in [0.3, 0.4) is 0 Å². The molecule has 2 heterocycles. The second-order valence-corrected chi connectivity index (χ2v) is 7.86. The van der Waals surface area contributed by atoms with Crippen molar-refractivity contribution in [1.29, 1.82) is 0 Å². The number of hydrogen-bond acceptors (Lipinski definition) is 5. The molecule has 0 aliphatic carbocycles. The Labute approximate surface area is 195 Å². The second-order valence-electron chi connectivity index (χ2n) is 7.86. The van der Waals surface area contributed by atoms with E-state index in [1.165, 1.54) is 19.1 Å². The smallest absolute Gasteiger partial charge is 0.300 e. The Morgan fingerprint density at radius 2 is 1.62 bits per heavy atom. The summed E-state index contributed by atoms with van der Waals surface area (Å²) in [4.78, 5) is 31.3. The molecule has 1 unspecified atom stereocenters. The van der Waals surface area contributed by atoms with Crippen molar-refractivity contribution in [3.8, 4) is 11.5 Å². The minimum Gasteiger partial charge on any atom is -0.507 e. The van der Waals surface area contributed by atoms with Crippen molar-refractivity contribution in [2.45, 2.75) is 6.04 Å². The van der Waals surface area contributed by atoms with Crippen LogP contribution in [0.25, 0.3) is 16.7 Å². The van der Waals surface area contributed by atoms with Gasteiger partial charge in [-0.05, 0) is 36.4 Å². The van der Waals surface area contributed by atoms with Gasteiger partial charge in [-0.25, -0.2) is 0 Å². The molecule has 1 amide bonds. The number of hydrogen-bond donors (Lipinski definition) is 2. The number of aliphatic hydroxyl groups excluding tert-OH is 1. The molecule has 0 radical (unpaired) electrons. The summed E-state index contributed by atoms with van der Waals surface area (Å²) in [5, 5.41) is 12.2. The van der Waals surface area contributed by atoms with Crippen molar-refractivity contribution < 1.29 is 24.2 Å². The monoisotopic (exact) mass is 454 g/mol. The number of aromatic nitrogens is 1. The highest BCUT2D eigenvalue weighted by atomic mass is 16.5. The van der Waals surface area contributed by atoms with E-state index in [-0.39, 0.29) is 11.3 Å². The lowest BCUT2D eigenvalue weighted by molar-refractivity contribution is -0.132. The van der Waals surface area contributed by atoms with Gasteiger partial charge < -0.3 is 19.6 Å². The number of amides is 1. The summed E-state index contributed by atoms with van der Waals surface area (Å²) < 4.78 is 10.6. The van der Waals surface area contributed by atoms with E-state index in [4.69, 9.17) is 9.47 Å². The maximum atomic E-state index is 13.3. The molecule has 7 nitrogen and oxygen atoms in total. The van der Waals surface area contributed by atoms with Gasteiger partial charge in [0.2, 0.25) is 0 Å². The van der Waals surface area contributed by atoms with E-state index in [9.17, 15) is 14.7 Å². The largest absolute Gasteiger partial charge is 0.507 e. The van der Waals surface area contributed by atoms with Gasteiger partial charge >= 0.3 is 0 Å². The molecule has 1 aliphatic heterocycles. The van der Waals surface area contributed by atoms with Crippen molar-refractivity contribution >= 4 is 34.0 Å². The summed E-state index contributed by atoms with van der Waals surface area (Å²) in [5.41, 5.74) is 2.48. The number of Topliss-reactive ketones (excluding diaryl/α,β-unsaturated/α-hetero) is 1. The Balaban J connectivity index is 1.76. The molecule has 5 rings (SSSR count). The fourth-order valence-corrected chi connectivity index (χ4v) is 4.44. The molecule has 1 atom stereocenters. The molecule has 1 saturated heterocycles. The van der Waals surface area contributed by atoms with Gasteiger partial charge in [0.15, 0.2) is 11.5 Å². The molecule has 4 aromatic rings. The van der Waals surface area contributed by atoms with Crippen LogP contribution in [0.5, 0.6) is 11.5 Å². The van der Waals surface area contributed by atoms with Crippen molar-refractivity contribution in [2.24, 2.45) is 0 Å². The lowest BCUT2D eigenvalue weighted by Crippen LogP contribution is -2.29. The first kappa shape index (κ1) is 21.3. The number of H-pyrrole nitrogens is 1. The van der Waals surface area contributed by atoms with Gasteiger partial charge in [-0.2, -0.15) is 0 Å². The molecule has 0 bridgehead atoms. The van der Waals surface area contributed by atoms with E-state index < -0.39 is 17.7 Å². The average molecular weight is 454 g/mol. The third kappa shape index (κ3) is 3.29. The molecule has 0 spiro atoms. The SMILES string of the molecule is COc1ccc(/C(O)=C2\C(=O)C(=O)N(c3ccccc3)C2c2c[nH]c3ccccc23)cc1OC. The minimum atomic E-state index is -0.827. The molecule has 170 valence electrons. The predicted octanol–water partition coefficient (Wildman–Crippen LogP) is 4.81. The zero-order chi connectivity index (χ0) is 23.8. The molecular formula is C27H22N2O5. The number of ether oxygens (including phenoxy) is 2. The standard InChI is InChI=1S/C27H22N2O5/c1-33-21-13-12-16(14-22(21)34-2)25(30)23-24(19-15-28-20-11-7-6-10-18(19)20)29(27(32)26(23)31)17-8-4-3-5-9-17/h3-15,24,28,30H,1-2H3/b25-23+. The van der Waals surface area contributed by atoms with Gasteiger partial charge in [-0.1, -0.05) is 36.4 Å². The quantitative estimate of drug-likeness (QED) is 0.257. The van der Waals surface area contributed by atoms with E-state index >= 15 is 0 Å². The summed E-state index contributed by atoms with van der Waals surface area (Å²) in [6, 6.07) is 20.6. The number of benzene rings is 3. The number of aromatic amines is 1. The van der Waals surface area contributed by atoms with E-state index in [1.807, 2.05) is 30.3 Å². The zero-order valence-corrected chi connectivity index (χ0v) is 18.6. The van der Waals surface area contributed by atoms with Crippen LogP contribution in [0.2, 0.25) is 0 Å². The third-order valence-corrected chi connectivity index (χ3v) is 6.05. The highest BCUT2D eigenvalue weighted by Crippen LogP contribution is 2.44. The van der Waals surface area contributed by atoms with Crippen LogP contribution in [-0.4, -0.2) is 36.0 Å². The number of aliphatic hydroxyl groups is 1. The van der Waals surface area contributed by atoms with Gasteiger partial charge in [0.05, 0.1) is 25.8 Å². The topological polar surface area (TPSA) is 91.9 Å². The Kier molecular flexibility index (Phi) is 5.30. The molecule has 3 aromatic carbocycles. The van der Waals surface area contributed by atoms with Crippen molar-refractivity contribution in [1.82, 2.24) is 4.98 Å². The number of carbonyl (C=O) groups excluding carboxylic acids is 2. The molecule has 0 saturated carbocycles. The summed E-state index contributed by atoms with van der Waals surface area (Å²) in [6.45, 7) is 0. The van der Waals surface area contributed by atoms with E-state index in [0.717, 1.165) is 10.9 Å². The van der Waals surface area contributed by atoms with Crippen molar-refractivity contribution in [3.05, 3.63) is 95.7 Å². The molecule has 2 N–H and O–H groups in total. The summed E-state index contributed by atoms with van der Waals surface area (Å²) in [6.07, 6.45) is 1.78. The Morgan fingerprint density at radius 1 is 0.912 bits per heavy atom. The minimum absolute atomic E-state index is 0.00539. The summed E-state index contributed by atoms with van der Waals surface area (Å²) >= 11 is 0. The first-order valence-electron chi connectivity index (χ1n) is 10.7. The van der Waals surface area contributed by atoms with Crippen LogP contribution >= 0.6 is 0 Å². The highest BCUT2D eigenvalue weighted by Gasteiger charge is 2.47. The van der Waals surface area contributed by atoms with Crippen LogP contribution in [-0.2, 0) is 9.59 Å². The van der Waals surface area contributed by atoms with Gasteiger partial charge in [-0.15, -0.1) is 0 Å². The number of carbonyl (C=O) groups is 2. The summed E-state index contributed by atoms with van der Waals surface area (Å²) in [5.74, 6) is -0.868. The lowest BCUT2D eigenvalue weighted by Gasteiger charge is -2.25. The average Bonchev–Trinajstić information content (AvgIpc) is 3.42. The van der Waals surface area contributed by atoms with Gasteiger partial charge in [-0.3, -0.25) is 14.5 Å². The van der Waals surface area contributed by atoms with E-state index in [0.29, 0.717) is 28.3 Å². The number of rotatable bonds is 5. The number of methoxy groups -OCH3 is 2. The fourth-order valence-electron chi connectivity index (χ4n) is 4.44. The van der Waals surface area contributed by atoms with Crippen LogP contribution in [0.4, 0.5) is 5.69 Å². The molecule has 7 heteroatoms. The summed E-state index contributed by atoms with van der Waals surface area (Å²) in [7, 11) is 3.00. The van der Waals surface area contributed by atoms with Crippen molar-refractivity contribution in [3.63, 3.8) is 0 Å². The van der Waals surface area contributed by atoms with Crippen LogP contribution < -0.4 is 14.4 Å². The second kappa shape index (κ2) is 8.44. The van der Waals surface area contributed by atoms with Crippen LogP contribution in [0.15, 0.2) is 84.6 Å². The predicted molar refractivity (Wildman–Crippen MR) is 129 cm³/mol. The fraction of sp³-hybridized carbons (Fsp3) is 0.111. The number of anilines is 1. The normalized spacial score (nSPS) is 17.4. The molecule has 1 aromatic heterocycles. The molecule has 1 fully saturated rings. The Hall–Kier alpha value is -4.52. The number of para-hydroxylation sites is 2. The van der Waals surface area contributed by atoms with E-state index in [1.54, 1.807) is 48.7 Å². The van der Waals surface area contributed by atoms with Gasteiger partial charge in [0, 0.05) is 33.9 Å². The molecule has 1 aliphatic rings. The zero-order valence-electron chi connectivity index (χ0n) is 18.6. The number of nitrogens with zero attached hydrogens (tertiary/aromatic N) is 1. The highest BCUT2D eigenvalue weighted by molar-refractivity contribution is 6.51. The first-order chi connectivity index (χ1) is 16.5. The first-order valence-corrected chi connectivity index (χ1v) is 10.7. The molecular weight excluding hydrogens is 432 g/mol. The van der Waals surface area contributed by atoms with Crippen LogP contribution in [0.1, 0.15) is 17.2 Å². The molecule has 34 heavy (non-hydrogen) atoms. The maximum absolute atomic E-state index is 13.3. The van der Waals surface area contributed by atoms with Gasteiger partial charge in [0.25, 0.3) is 11.7 Å². The Bertz CT molecular complexity index is 1440. The van der Waals surface area contributed by atoms with E-state index in [2.05, 4.69) is 4.98 Å². The van der Waals surface area contributed by atoms with Gasteiger partial charge in [0.1, 0.15) is 5.76 Å². The lowest BCUT2D eigenvalue weighted by atomic mass is 9.94. The maximum Gasteiger partial charge on any atom is 0.300 e. The number of ketones is 1. The van der Waals surface area contributed by atoms with Crippen LogP contribution in [0, 0.1) is 0 Å². The third-order valence-electron chi connectivity index (χ3n) is 6.05. The Morgan fingerprint density at radius 3 is 2.35 bits per heavy atom. The number of nitrogens with one attached hydrogen (secondary N) is 1.